The Labute approximate surface area is 80.4 Å². The molecule has 1 atom stereocenters. The number of anilines is 1. The van der Waals surface area contributed by atoms with Crippen molar-refractivity contribution in [3.05, 3.63) is 30.3 Å². The zero-order chi connectivity index (χ0) is 9.68. The van der Waals surface area contributed by atoms with Gasteiger partial charge in [-0.3, -0.25) is 0 Å². The van der Waals surface area contributed by atoms with Crippen LogP contribution in [0.3, 0.4) is 0 Å². The van der Waals surface area contributed by atoms with Crippen molar-refractivity contribution in [2.45, 2.75) is 19.9 Å². The second-order valence-electron chi connectivity index (χ2n) is 3.35. The van der Waals surface area contributed by atoms with E-state index in [2.05, 4.69) is 36.1 Å². The highest BCUT2D eigenvalue weighted by Gasteiger charge is 2.04. The minimum Gasteiger partial charge on any atom is -0.370 e. The second-order valence-corrected chi connectivity index (χ2v) is 3.35. The highest BCUT2D eigenvalue weighted by atomic mass is 15.1. The molecular weight excluding hydrogens is 160 g/mol. The van der Waals surface area contributed by atoms with Gasteiger partial charge in [-0.2, -0.15) is 0 Å². The summed E-state index contributed by atoms with van der Waals surface area (Å²) in [6, 6.07) is 10.6. The first-order valence-electron chi connectivity index (χ1n) is 4.79. The molecular formula is C11H18N2. The molecule has 0 saturated heterocycles. The van der Waals surface area contributed by atoms with E-state index >= 15 is 0 Å². The zero-order valence-electron chi connectivity index (χ0n) is 8.40. The van der Waals surface area contributed by atoms with Gasteiger partial charge in [-0.25, -0.2) is 0 Å². The van der Waals surface area contributed by atoms with Gasteiger partial charge in [0, 0.05) is 24.8 Å². The summed E-state index contributed by atoms with van der Waals surface area (Å²) in [6.07, 6.45) is 0. The molecule has 2 nitrogen and oxygen atoms in total. The predicted molar refractivity (Wildman–Crippen MR) is 58.0 cm³/mol. The third kappa shape index (κ3) is 3.07. The minimum absolute atomic E-state index is 0.222. The standard InChI is InChI=1S/C11H18N2/c1-3-13(9-10(2)12)11-7-5-4-6-8-11/h4-8,10H,3,9,12H2,1-2H3. The summed E-state index contributed by atoms with van der Waals surface area (Å²) in [5, 5.41) is 0. The van der Waals surface area contributed by atoms with Gasteiger partial charge in [0.2, 0.25) is 0 Å². The second kappa shape index (κ2) is 4.87. The molecule has 0 aromatic heterocycles. The van der Waals surface area contributed by atoms with Gasteiger partial charge in [0.05, 0.1) is 0 Å². The Bertz CT molecular complexity index is 231. The van der Waals surface area contributed by atoms with Crippen molar-refractivity contribution in [2.24, 2.45) is 5.73 Å². The SMILES string of the molecule is CCN(CC(C)N)c1ccccc1. The molecule has 0 bridgehead atoms. The van der Waals surface area contributed by atoms with Gasteiger partial charge in [0.1, 0.15) is 0 Å². The average Bonchev–Trinajstić information content (AvgIpc) is 2.15. The molecule has 13 heavy (non-hydrogen) atoms. The van der Waals surface area contributed by atoms with Gasteiger partial charge < -0.3 is 10.6 Å². The van der Waals surface area contributed by atoms with Crippen molar-refractivity contribution in [2.75, 3.05) is 18.0 Å². The summed E-state index contributed by atoms with van der Waals surface area (Å²) in [5.74, 6) is 0. The molecule has 0 aliphatic carbocycles. The fourth-order valence-corrected chi connectivity index (χ4v) is 1.40. The molecule has 0 spiro atoms. The summed E-state index contributed by atoms with van der Waals surface area (Å²) >= 11 is 0. The maximum absolute atomic E-state index is 5.76. The summed E-state index contributed by atoms with van der Waals surface area (Å²) in [7, 11) is 0. The number of nitrogens with zero attached hydrogens (tertiary/aromatic N) is 1. The summed E-state index contributed by atoms with van der Waals surface area (Å²) in [5.41, 5.74) is 7.02. The molecule has 1 rings (SSSR count). The normalized spacial score (nSPS) is 12.5. The molecule has 1 aromatic rings. The number of hydrogen-bond acceptors (Lipinski definition) is 2. The molecule has 72 valence electrons. The van der Waals surface area contributed by atoms with E-state index in [1.807, 2.05) is 13.0 Å². The molecule has 1 unspecified atom stereocenters. The number of nitrogens with two attached hydrogens (primary N) is 1. The molecule has 0 amide bonds. The number of hydrogen-bond donors (Lipinski definition) is 1. The Kier molecular flexibility index (Phi) is 3.77. The first kappa shape index (κ1) is 10.1. The van der Waals surface area contributed by atoms with Gasteiger partial charge in [0.15, 0.2) is 0 Å². The van der Waals surface area contributed by atoms with Gasteiger partial charge in [-0.1, -0.05) is 18.2 Å². The van der Waals surface area contributed by atoms with Crippen molar-refractivity contribution >= 4 is 5.69 Å². The van der Waals surface area contributed by atoms with Crippen LogP contribution in [0.1, 0.15) is 13.8 Å². The van der Waals surface area contributed by atoms with Crippen molar-refractivity contribution in [1.29, 1.82) is 0 Å². The Morgan fingerprint density at radius 2 is 1.92 bits per heavy atom. The van der Waals surface area contributed by atoms with E-state index in [1.165, 1.54) is 5.69 Å². The first-order chi connectivity index (χ1) is 6.24. The van der Waals surface area contributed by atoms with E-state index in [4.69, 9.17) is 5.73 Å². The summed E-state index contributed by atoms with van der Waals surface area (Å²) in [4.78, 5) is 2.28. The molecule has 0 aliphatic rings. The smallest absolute Gasteiger partial charge is 0.0366 e. The van der Waals surface area contributed by atoms with Crippen LogP contribution < -0.4 is 10.6 Å². The maximum Gasteiger partial charge on any atom is 0.0366 e. The third-order valence-electron chi connectivity index (χ3n) is 2.01. The Morgan fingerprint density at radius 3 is 2.38 bits per heavy atom. The summed E-state index contributed by atoms with van der Waals surface area (Å²) < 4.78 is 0. The van der Waals surface area contributed by atoms with E-state index < -0.39 is 0 Å². The number of rotatable bonds is 4. The first-order valence-corrected chi connectivity index (χ1v) is 4.79. The highest BCUT2D eigenvalue weighted by molar-refractivity contribution is 5.45. The Morgan fingerprint density at radius 1 is 1.31 bits per heavy atom. The van der Waals surface area contributed by atoms with Crippen LogP contribution in [0.5, 0.6) is 0 Å². The fourth-order valence-electron chi connectivity index (χ4n) is 1.40. The lowest BCUT2D eigenvalue weighted by molar-refractivity contribution is 0.689. The average molecular weight is 178 g/mol. The summed E-state index contributed by atoms with van der Waals surface area (Å²) in [6.45, 7) is 6.10. The van der Waals surface area contributed by atoms with E-state index in [1.54, 1.807) is 0 Å². The Balaban J connectivity index is 2.67. The zero-order valence-corrected chi connectivity index (χ0v) is 8.40. The molecule has 0 heterocycles. The van der Waals surface area contributed by atoms with Crippen LogP contribution in [-0.4, -0.2) is 19.1 Å². The lowest BCUT2D eigenvalue weighted by Crippen LogP contribution is -2.35. The van der Waals surface area contributed by atoms with Crippen LogP contribution in [0.15, 0.2) is 30.3 Å². The van der Waals surface area contributed by atoms with Crippen molar-refractivity contribution in [1.82, 2.24) is 0 Å². The fraction of sp³-hybridized carbons (Fsp3) is 0.455. The van der Waals surface area contributed by atoms with Gasteiger partial charge in [-0.15, -0.1) is 0 Å². The van der Waals surface area contributed by atoms with Crippen molar-refractivity contribution in [3.63, 3.8) is 0 Å². The van der Waals surface area contributed by atoms with Crippen molar-refractivity contribution in [3.8, 4) is 0 Å². The third-order valence-corrected chi connectivity index (χ3v) is 2.01. The van der Waals surface area contributed by atoms with Gasteiger partial charge in [0.25, 0.3) is 0 Å². The molecule has 0 radical (unpaired) electrons. The lowest BCUT2D eigenvalue weighted by atomic mass is 10.2. The molecule has 0 fully saturated rings. The minimum atomic E-state index is 0.222. The van der Waals surface area contributed by atoms with E-state index in [9.17, 15) is 0 Å². The van der Waals surface area contributed by atoms with Gasteiger partial charge in [-0.05, 0) is 26.0 Å². The molecule has 0 aliphatic heterocycles. The largest absolute Gasteiger partial charge is 0.370 e. The predicted octanol–water partition coefficient (Wildman–Crippen LogP) is 1.86. The van der Waals surface area contributed by atoms with Crippen LogP contribution in [0.2, 0.25) is 0 Å². The molecule has 2 N–H and O–H groups in total. The van der Waals surface area contributed by atoms with Gasteiger partial charge >= 0.3 is 0 Å². The van der Waals surface area contributed by atoms with E-state index in [-0.39, 0.29) is 6.04 Å². The van der Waals surface area contributed by atoms with Crippen LogP contribution in [0.4, 0.5) is 5.69 Å². The molecule has 2 heteroatoms. The lowest BCUT2D eigenvalue weighted by Gasteiger charge is -2.24. The maximum atomic E-state index is 5.76. The quantitative estimate of drug-likeness (QED) is 0.762. The van der Waals surface area contributed by atoms with Crippen molar-refractivity contribution < 1.29 is 0 Å². The monoisotopic (exact) mass is 178 g/mol. The number of likely N-dealkylation sites (N-methyl/N-ethyl adjacent to an activating group) is 1. The van der Waals surface area contributed by atoms with E-state index in [0.29, 0.717) is 0 Å². The van der Waals surface area contributed by atoms with Crippen LogP contribution >= 0.6 is 0 Å². The van der Waals surface area contributed by atoms with E-state index in [0.717, 1.165) is 13.1 Å². The van der Waals surface area contributed by atoms with Crippen LogP contribution in [0.25, 0.3) is 0 Å². The molecule has 0 saturated carbocycles. The molecule has 1 aromatic carbocycles. The highest BCUT2D eigenvalue weighted by Crippen LogP contribution is 2.12. The van der Waals surface area contributed by atoms with Crippen LogP contribution in [-0.2, 0) is 0 Å². The topological polar surface area (TPSA) is 29.3 Å². The number of para-hydroxylation sites is 1. The van der Waals surface area contributed by atoms with Crippen LogP contribution in [0, 0.1) is 0 Å². The number of benzene rings is 1. The Hall–Kier alpha value is -1.02.